The summed E-state index contributed by atoms with van der Waals surface area (Å²) in [7, 11) is 0. The van der Waals surface area contributed by atoms with Gasteiger partial charge in [-0.2, -0.15) is 10.3 Å². The highest BCUT2D eigenvalue weighted by atomic mass is 19.2. The molecule has 0 spiro atoms. The maximum Gasteiger partial charge on any atom is 0.259 e. The number of nitrogens with one attached hydrogen (secondary N) is 2. The lowest BCUT2D eigenvalue weighted by atomic mass is 10.2. The molecular weight excluding hydrogens is 237 g/mol. The number of carbonyl (C=O) groups is 1. The van der Waals surface area contributed by atoms with Crippen LogP contribution in [-0.2, 0) is 0 Å². The molecule has 0 saturated carbocycles. The van der Waals surface area contributed by atoms with Gasteiger partial charge in [0.05, 0.1) is 11.8 Å². The van der Waals surface area contributed by atoms with Gasteiger partial charge in [-0.1, -0.05) is 0 Å². The van der Waals surface area contributed by atoms with E-state index in [1.807, 2.05) is 0 Å². The highest BCUT2D eigenvalue weighted by Crippen LogP contribution is 2.16. The zero-order chi connectivity index (χ0) is 12.4. The maximum atomic E-state index is 13.2. The SMILES string of the molecule is O=C(Nc1cn[nH]n1)c1ccc(F)c(F)c1F. The third-order valence-corrected chi connectivity index (χ3v) is 1.94. The number of rotatable bonds is 2. The van der Waals surface area contributed by atoms with Crippen molar-refractivity contribution in [1.29, 1.82) is 0 Å². The van der Waals surface area contributed by atoms with Gasteiger partial charge in [0.15, 0.2) is 23.3 Å². The summed E-state index contributed by atoms with van der Waals surface area (Å²) in [5.41, 5.74) is -0.619. The van der Waals surface area contributed by atoms with Crippen molar-refractivity contribution >= 4 is 11.7 Å². The summed E-state index contributed by atoms with van der Waals surface area (Å²) in [5, 5.41) is 11.3. The average Bonchev–Trinajstić information content (AvgIpc) is 2.78. The third kappa shape index (κ3) is 2.10. The van der Waals surface area contributed by atoms with Crippen molar-refractivity contribution in [3.05, 3.63) is 41.3 Å². The molecule has 0 bridgehead atoms. The fourth-order valence-electron chi connectivity index (χ4n) is 1.15. The number of carbonyl (C=O) groups excluding carboxylic acids is 1. The second kappa shape index (κ2) is 4.24. The van der Waals surface area contributed by atoms with Crippen LogP contribution in [0.4, 0.5) is 19.0 Å². The lowest BCUT2D eigenvalue weighted by Crippen LogP contribution is -2.15. The zero-order valence-corrected chi connectivity index (χ0v) is 8.17. The van der Waals surface area contributed by atoms with Crippen LogP contribution in [0.15, 0.2) is 18.3 Å². The summed E-state index contributed by atoms with van der Waals surface area (Å²) in [6.45, 7) is 0. The average molecular weight is 242 g/mol. The van der Waals surface area contributed by atoms with Crippen LogP contribution in [0.1, 0.15) is 10.4 Å². The first-order chi connectivity index (χ1) is 8.09. The van der Waals surface area contributed by atoms with Crippen molar-refractivity contribution in [3.8, 4) is 0 Å². The monoisotopic (exact) mass is 242 g/mol. The molecule has 17 heavy (non-hydrogen) atoms. The molecular formula is C9H5F3N4O. The molecule has 0 unspecified atom stereocenters. The number of nitrogens with zero attached hydrogens (tertiary/aromatic N) is 2. The Labute approximate surface area is 92.6 Å². The third-order valence-electron chi connectivity index (χ3n) is 1.94. The van der Waals surface area contributed by atoms with Crippen molar-refractivity contribution in [2.24, 2.45) is 0 Å². The fourth-order valence-corrected chi connectivity index (χ4v) is 1.15. The second-order valence-electron chi connectivity index (χ2n) is 3.03. The smallest absolute Gasteiger partial charge is 0.259 e. The van der Waals surface area contributed by atoms with Crippen molar-refractivity contribution in [3.63, 3.8) is 0 Å². The Morgan fingerprint density at radius 1 is 1.24 bits per heavy atom. The van der Waals surface area contributed by atoms with Crippen LogP contribution < -0.4 is 5.32 Å². The molecule has 8 heteroatoms. The highest BCUT2D eigenvalue weighted by Gasteiger charge is 2.19. The second-order valence-corrected chi connectivity index (χ2v) is 3.03. The molecule has 2 aromatic rings. The van der Waals surface area contributed by atoms with E-state index in [-0.39, 0.29) is 5.82 Å². The number of H-pyrrole nitrogens is 1. The number of amides is 1. The van der Waals surface area contributed by atoms with Gasteiger partial charge in [0.1, 0.15) is 0 Å². The molecule has 0 aliphatic heterocycles. The Hall–Kier alpha value is -2.38. The van der Waals surface area contributed by atoms with Gasteiger partial charge >= 0.3 is 0 Å². The molecule has 1 heterocycles. The van der Waals surface area contributed by atoms with Crippen molar-refractivity contribution in [2.75, 3.05) is 5.32 Å². The van der Waals surface area contributed by atoms with E-state index in [1.54, 1.807) is 0 Å². The number of anilines is 1. The molecule has 0 radical (unpaired) electrons. The van der Waals surface area contributed by atoms with Crippen molar-refractivity contribution in [2.45, 2.75) is 0 Å². The number of aromatic nitrogens is 3. The lowest BCUT2D eigenvalue weighted by molar-refractivity contribution is 0.102. The first kappa shape index (κ1) is 11.1. The predicted octanol–water partition coefficient (Wildman–Crippen LogP) is 1.47. The molecule has 0 saturated heterocycles. The van der Waals surface area contributed by atoms with Gasteiger partial charge in [0, 0.05) is 0 Å². The Balaban J connectivity index is 2.29. The first-order valence-electron chi connectivity index (χ1n) is 4.40. The van der Waals surface area contributed by atoms with Crippen LogP contribution >= 0.6 is 0 Å². The highest BCUT2D eigenvalue weighted by molar-refractivity contribution is 6.03. The number of hydrogen-bond acceptors (Lipinski definition) is 3. The fraction of sp³-hybridized carbons (Fsp3) is 0. The van der Waals surface area contributed by atoms with E-state index in [4.69, 9.17) is 0 Å². The summed E-state index contributed by atoms with van der Waals surface area (Å²) < 4.78 is 38.7. The van der Waals surface area contributed by atoms with E-state index in [0.29, 0.717) is 6.07 Å². The molecule has 2 rings (SSSR count). The topological polar surface area (TPSA) is 70.7 Å². The van der Waals surface area contributed by atoms with Crippen molar-refractivity contribution in [1.82, 2.24) is 15.4 Å². The Kier molecular flexibility index (Phi) is 2.77. The number of benzene rings is 1. The predicted molar refractivity (Wildman–Crippen MR) is 50.7 cm³/mol. The van der Waals surface area contributed by atoms with E-state index >= 15 is 0 Å². The Bertz CT molecular complexity index is 556. The molecule has 0 aliphatic carbocycles. The quantitative estimate of drug-likeness (QED) is 0.783. The summed E-state index contributed by atoms with van der Waals surface area (Å²) in [6.07, 6.45) is 1.18. The minimum atomic E-state index is -1.70. The van der Waals surface area contributed by atoms with Gasteiger partial charge in [-0.3, -0.25) is 4.79 Å². The van der Waals surface area contributed by atoms with Crippen LogP contribution in [0, 0.1) is 17.5 Å². The summed E-state index contributed by atoms with van der Waals surface area (Å²) in [4.78, 5) is 11.5. The number of aromatic amines is 1. The molecule has 0 aliphatic rings. The van der Waals surface area contributed by atoms with Gasteiger partial charge in [0.2, 0.25) is 0 Å². The Morgan fingerprint density at radius 2 is 2.00 bits per heavy atom. The van der Waals surface area contributed by atoms with Crippen LogP contribution in [0.25, 0.3) is 0 Å². The van der Waals surface area contributed by atoms with E-state index in [1.165, 1.54) is 6.20 Å². The lowest BCUT2D eigenvalue weighted by Gasteiger charge is -2.03. The number of halogens is 3. The molecule has 88 valence electrons. The molecule has 1 aromatic heterocycles. The van der Waals surface area contributed by atoms with Crippen molar-refractivity contribution < 1.29 is 18.0 Å². The summed E-state index contributed by atoms with van der Waals surface area (Å²) in [5.74, 6) is -5.52. The largest absolute Gasteiger partial charge is 0.304 e. The molecule has 5 nitrogen and oxygen atoms in total. The van der Waals surface area contributed by atoms with Gasteiger partial charge in [0.25, 0.3) is 5.91 Å². The van der Waals surface area contributed by atoms with Gasteiger partial charge in [-0.15, -0.1) is 5.10 Å². The van der Waals surface area contributed by atoms with Gasteiger partial charge in [-0.25, -0.2) is 13.2 Å². The van der Waals surface area contributed by atoms with Gasteiger partial charge in [-0.05, 0) is 12.1 Å². The minimum absolute atomic E-state index is 0.0409. The molecule has 2 N–H and O–H groups in total. The van der Waals surface area contributed by atoms with E-state index in [0.717, 1.165) is 6.07 Å². The van der Waals surface area contributed by atoms with E-state index in [9.17, 15) is 18.0 Å². The minimum Gasteiger partial charge on any atom is -0.304 e. The van der Waals surface area contributed by atoms with Crippen LogP contribution in [-0.4, -0.2) is 21.3 Å². The normalized spacial score (nSPS) is 10.3. The standard InChI is InChI=1S/C9H5F3N4O/c10-5-2-1-4(7(11)8(5)12)9(17)14-6-3-13-16-15-6/h1-3H,(H2,13,14,15,16,17). The summed E-state index contributed by atoms with van der Waals surface area (Å²) >= 11 is 0. The summed E-state index contributed by atoms with van der Waals surface area (Å²) in [6, 6.07) is 1.50. The maximum absolute atomic E-state index is 13.2. The Morgan fingerprint density at radius 3 is 2.65 bits per heavy atom. The van der Waals surface area contributed by atoms with E-state index in [2.05, 4.69) is 20.7 Å². The first-order valence-corrected chi connectivity index (χ1v) is 4.40. The van der Waals surface area contributed by atoms with Crippen LogP contribution in [0.2, 0.25) is 0 Å². The zero-order valence-electron chi connectivity index (χ0n) is 8.17. The van der Waals surface area contributed by atoms with Crippen LogP contribution in [0.3, 0.4) is 0 Å². The van der Waals surface area contributed by atoms with Crippen LogP contribution in [0.5, 0.6) is 0 Å². The molecule has 0 atom stereocenters. The van der Waals surface area contributed by atoms with Gasteiger partial charge < -0.3 is 5.32 Å². The molecule has 0 fully saturated rings. The molecule has 1 aromatic carbocycles. The molecule has 1 amide bonds. The number of hydrogen-bond donors (Lipinski definition) is 2. The van der Waals surface area contributed by atoms with E-state index < -0.39 is 28.9 Å².